The fourth-order valence-corrected chi connectivity index (χ4v) is 7.15. The van der Waals surface area contributed by atoms with Crippen LogP contribution in [0, 0.1) is 0 Å². The summed E-state index contributed by atoms with van der Waals surface area (Å²) < 4.78 is 5.12. The molecule has 0 aliphatic rings. The standard InChI is InChI=1S/C36H23NS/c1-4-12-24(13-5-1)26-20-21-32-30(22-26)31-23-29(25-14-6-2-7-15-25)34-28-18-10-11-19-33(28)38-36(34)35(31)37(32)27-16-8-3-9-17-27/h1-23H. The van der Waals surface area contributed by atoms with Gasteiger partial charge in [0.1, 0.15) is 0 Å². The summed E-state index contributed by atoms with van der Waals surface area (Å²) in [6.45, 7) is 0. The molecule has 38 heavy (non-hydrogen) atoms. The molecule has 0 radical (unpaired) electrons. The maximum Gasteiger partial charge on any atom is 0.0720 e. The van der Waals surface area contributed by atoms with Gasteiger partial charge in [-0.15, -0.1) is 11.3 Å². The van der Waals surface area contributed by atoms with Crippen molar-refractivity contribution in [2.75, 3.05) is 0 Å². The van der Waals surface area contributed by atoms with Gasteiger partial charge in [0, 0.05) is 31.9 Å². The molecule has 0 amide bonds. The zero-order valence-electron chi connectivity index (χ0n) is 20.6. The normalized spacial score (nSPS) is 11.7. The molecular formula is C36H23NS. The fraction of sp³-hybridized carbons (Fsp3) is 0. The first-order valence-corrected chi connectivity index (χ1v) is 13.8. The van der Waals surface area contributed by atoms with Gasteiger partial charge in [-0.25, -0.2) is 0 Å². The summed E-state index contributed by atoms with van der Waals surface area (Å²) in [7, 11) is 0. The van der Waals surface area contributed by atoms with Crippen molar-refractivity contribution in [1.82, 2.24) is 4.57 Å². The van der Waals surface area contributed by atoms with Crippen molar-refractivity contribution in [3.8, 4) is 27.9 Å². The number of hydrogen-bond donors (Lipinski definition) is 0. The van der Waals surface area contributed by atoms with E-state index < -0.39 is 0 Å². The smallest absolute Gasteiger partial charge is 0.0720 e. The molecule has 2 aromatic heterocycles. The maximum atomic E-state index is 2.46. The van der Waals surface area contributed by atoms with Gasteiger partial charge in [0.05, 0.1) is 15.7 Å². The van der Waals surface area contributed by atoms with Crippen molar-refractivity contribution in [1.29, 1.82) is 0 Å². The molecule has 178 valence electrons. The first kappa shape index (κ1) is 21.4. The van der Waals surface area contributed by atoms with E-state index >= 15 is 0 Å². The van der Waals surface area contributed by atoms with Gasteiger partial charge < -0.3 is 4.57 Å². The summed E-state index contributed by atoms with van der Waals surface area (Å²) in [5, 5.41) is 5.23. The summed E-state index contributed by atoms with van der Waals surface area (Å²) >= 11 is 1.90. The second kappa shape index (κ2) is 8.44. The zero-order chi connectivity index (χ0) is 25.1. The lowest BCUT2D eigenvalue weighted by atomic mass is 9.96. The first-order valence-electron chi connectivity index (χ1n) is 13.0. The Labute approximate surface area is 224 Å². The summed E-state index contributed by atoms with van der Waals surface area (Å²) in [5.74, 6) is 0. The molecule has 8 rings (SSSR count). The minimum Gasteiger partial charge on any atom is -0.308 e. The number of rotatable bonds is 3. The van der Waals surface area contributed by atoms with Gasteiger partial charge in [-0.05, 0) is 58.7 Å². The van der Waals surface area contributed by atoms with Crippen molar-refractivity contribution in [2.24, 2.45) is 0 Å². The van der Waals surface area contributed by atoms with Crippen LogP contribution < -0.4 is 0 Å². The highest BCUT2D eigenvalue weighted by molar-refractivity contribution is 7.26. The third-order valence-corrected chi connectivity index (χ3v) is 8.76. The average Bonchev–Trinajstić information content (AvgIpc) is 3.54. The molecule has 8 aromatic rings. The van der Waals surface area contributed by atoms with E-state index in [1.807, 2.05) is 11.3 Å². The van der Waals surface area contributed by atoms with Crippen LogP contribution in [0.1, 0.15) is 0 Å². The Morgan fingerprint density at radius 3 is 1.89 bits per heavy atom. The van der Waals surface area contributed by atoms with Crippen LogP contribution in [0.2, 0.25) is 0 Å². The van der Waals surface area contributed by atoms with Crippen molar-refractivity contribution in [3.05, 3.63) is 140 Å². The van der Waals surface area contributed by atoms with E-state index in [4.69, 9.17) is 0 Å². The number of fused-ring (bicyclic) bond motifs is 7. The Bertz CT molecular complexity index is 2100. The predicted octanol–water partition coefficient (Wildman–Crippen LogP) is 10.5. The van der Waals surface area contributed by atoms with Gasteiger partial charge in [0.2, 0.25) is 0 Å². The van der Waals surface area contributed by atoms with Gasteiger partial charge in [-0.1, -0.05) is 103 Å². The van der Waals surface area contributed by atoms with E-state index in [1.54, 1.807) is 0 Å². The molecule has 6 aromatic carbocycles. The van der Waals surface area contributed by atoms with Crippen molar-refractivity contribution >= 4 is 53.3 Å². The maximum absolute atomic E-state index is 2.46. The molecule has 2 heterocycles. The van der Waals surface area contributed by atoms with Crippen LogP contribution in [0.25, 0.3) is 69.9 Å². The van der Waals surface area contributed by atoms with E-state index in [0.29, 0.717) is 0 Å². The third-order valence-electron chi connectivity index (χ3n) is 7.58. The molecule has 0 bridgehead atoms. The predicted molar refractivity (Wildman–Crippen MR) is 165 cm³/mol. The molecule has 0 fully saturated rings. The molecule has 0 unspecified atom stereocenters. The van der Waals surface area contributed by atoms with E-state index in [1.165, 1.54) is 69.9 Å². The summed E-state index contributed by atoms with van der Waals surface area (Å²) in [6, 6.07) is 50.5. The van der Waals surface area contributed by atoms with Crippen LogP contribution in [0.5, 0.6) is 0 Å². The lowest BCUT2D eigenvalue weighted by Gasteiger charge is -2.10. The summed E-state index contributed by atoms with van der Waals surface area (Å²) in [4.78, 5) is 0. The Balaban J connectivity index is 1.60. The fourth-order valence-electron chi connectivity index (χ4n) is 5.88. The average molecular weight is 502 g/mol. The lowest BCUT2D eigenvalue weighted by molar-refractivity contribution is 1.19. The van der Waals surface area contributed by atoms with Crippen molar-refractivity contribution in [3.63, 3.8) is 0 Å². The number of aromatic nitrogens is 1. The highest BCUT2D eigenvalue weighted by Gasteiger charge is 2.21. The third kappa shape index (κ3) is 3.17. The minimum absolute atomic E-state index is 1.19. The number of benzene rings is 6. The Morgan fingerprint density at radius 2 is 1.13 bits per heavy atom. The van der Waals surface area contributed by atoms with Crippen LogP contribution in [0.15, 0.2) is 140 Å². The molecule has 0 aliphatic heterocycles. The monoisotopic (exact) mass is 501 g/mol. The van der Waals surface area contributed by atoms with Crippen molar-refractivity contribution < 1.29 is 0 Å². The van der Waals surface area contributed by atoms with Crippen LogP contribution in [0.4, 0.5) is 0 Å². The quantitative estimate of drug-likeness (QED) is 0.227. The molecule has 0 spiro atoms. The molecule has 0 saturated heterocycles. The largest absolute Gasteiger partial charge is 0.308 e. The van der Waals surface area contributed by atoms with Crippen LogP contribution in [-0.2, 0) is 0 Å². The van der Waals surface area contributed by atoms with Gasteiger partial charge in [0.25, 0.3) is 0 Å². The molecule has 0 atom stereocenters. The Morgan fingerprint density at radius 1 is 0.474 bits per heavy atom. The summed E-state index contributed by atoms with van der Waals surface area (Å²) in [5.41, 5.74) is 8.73. The van der Waals surface area contributed by atoms with Crippen LogP contribution >= 0.6 is 11.3 Å². The highest BCUT2D eigenvalue weighted by Crippen LogP contribution is 2.47. The topological polar surface area (TPSA) is 4.93 Å². The Hall–Kier alpha value is -4.66. The molecule has 2 heteroatoms. The Kier molecular flexibility index (Phi) is 4.76. The van der Waals surface area contributed by atoms with Crippen molar-refractivity contribution in [2.45, 2.75) is 0 Å². The molecule has 1 nitrogen and oxygen atoms in total. The number of thiophene rings is 1. The van der Waals surface area contributed by atoms with E-state index in [0.717, 1.165) is 0 Å². The SMILES string of the molecule is c1ccc(-c2ccc3c(c2)c2cc(-c4ccccc4)c4c5ccccc5sc4c2n3-c2ccccc2)cc1. The second-order valence-corrected chi connectivity index (χ2v) is 10.8. The molecule has 0 aliphatic carbocycles. The summed E-state index contributed by atoms with van der Waals surface area (Å²) in [6.07, 6.45) is 0. The van der Waals surface area contributed by atoms with Crippen LogP contribution in [0.3, 0.4) is 0 Å². The highest BCUT2D eigenvalue weighted by atomic mass is 32.1. The number of para-hydroxylation sites is 1. The molecule has 0 N–H and O–H groups in total. The van der Waals surface area contributed by atoms with Gasteiger partial charge in [0.15, 0.2) is 0 Å². The van der Waals surface area contributed by atoms with E-state index in [9.17, 15) is 0 Å². The zero-order valence-corrected chi connectivity index (χ0v) is 21.5. The van der Waals surface area contributed by atoms with E-state index in [2.05, 4.69) is 144 Å². The van der Waals surface area contributed by atoms with Gasteiger partial charge >= 0.3 is 0 Å². The lowest BCUT2D eigenvalue weighted by Crippen LogP contribution is -1.93. The number of nitrogens with zero attached hydrogens (tertiary/aromatic N) is 1. The first-order chi connectivity index (χ1) is 18.9. The minimum atomic E-state index is 1.19. The number of hydrogen-bond acceptors (Lipinski definition) is 1. The molecule has 0 saturated carbocycles. The second-order valence-electron chi connectivity index (χ2n) is 9.76. The molecular weight excluding hydrogens is 478 g/mol. The van der Waals surface area contributed by atoms with Gasteiger partial charge in [-0.2, -0.15) is 0 Å². The van der Waals surface area contributed by atoms with Gasteiger partial charge in [-0.3, -0.25) is 0 Å². The van der Waals surface area contributed by atoms with Crippen LogP contribution in [-0.4, -0.2) is 4.57 Å². The van der Waals surface area contributed by atoms with E-state index in [-0.39, 0.29) is 0 Å².